The van der Waals surface area contributed by atoms with Crippen molar-refractivity contribution in [1.82, 2.24) is 4.90 Å². The molecule has 2 aromatic rings. The molecular weight excluding hydrogens is 297 g/mol. The van der Waals surface area contributed by atoms with Gasteiger partial charge in [-0.25, -0.2) is 4.39 Å². The highest BCUT2D eigenvalue weighted by atomic mass is 19.1. The Kier molecular flexibility index (Phi) is 6.38. The standard InChI is InChI=1S/C18H22FNO3/c1-20(11-14-6-5-7-16(10-14)22-2)12-15(21)13-23-18-9-4-3-8-17(18)19/h3-10,15,21H,11-13H2,1-2H3. The van der Waals surface area contributed by atoms with Crippen LogP contribution in [0.15, 0.2) is 48.5 Å². The minimum Gasteiger partial charge on any atom is -0.497 e. The normalized spacial score (nSPS) is 12.2. The van der Waals surface area contributed by atoms with Crippen LogP contribution in [0.4, 0.5) is 4.39 Å². The minimum absolute atomic E-state index is 0.0450. The largest absolute Gasteiger partial charge is 0.497 e. The topological polar surface area (TPSA) is 41.9 Å². The number of likely N-dealkylation sites (N-methyl/N-ethyl adjacent to an activating group) is 1. The van der Waals surface area contributed by atoms with E-state index in [1.54, 1.807) is 25.3 Å². The Balaban J connectivity index is 1.80. The molecule has 0 saturated heterocycles. The number of aliphatic hydroxyl groups excluding tert-OH is 1. The lowest BCUT2D eigenvalue weighted by atomic mass is 10.2. The molecule has 1 N–H and O–H groups in total. The van der Waals surface area contributed by atoms with Gasteiger partial charge in [0.1, 0.15) is 18.5 Å². The maximum absolute atomic E-state index is 13.4. The summed E-state index contributed by atoms with van der Waals surface area (Å²) in [5.74, 6) is 0.533. The van der Waals surface area contributed by atoms with Crippen molar-refractivity contribution >= 4 is 0 Å². The summed E-state index contributed by atoms with van der Waals surface area (Å²) in [7, 11) is 3.54. The summed E-state index contributed by atoms with van der Waals surface area (Å²) in [6.07, 6.45) is -0.704. The highest BCUT2D eigenvalue weighted by Gasteiger charge is 2.11. The van der Waals surface area contributed by atoms with Crippen LogP contribution in [0.25, 0.3) is 0 Å². The first-order valence-electron chi connectivity index (χ1n) is 7.45. The van der Waals surface area contributed by atoms with E-state index in [4.69, 9.17) is 9.47 Å². The first-order valence-corrected chi connectivity index (χ1v) is 7.45. The zero-order valence-electron chi connectivity index (χ0n) is 13.4. The van der Waals surface area contributed by atoms with Crippen LogP contribution in [-0.4, -0.2) is 43.4 Å². The monoisotopic (exact) mass is 319 g/mol. The van der Waals surface area contributed by atoms with Gasteiger partial charge < -0.3 is 14.6 Å². The highest BCUT2D eigenvalue weighted by molar-refractivity contribution is 5.28. The Morgan fingerprint density at radius 3 is 2.70 bits per heavy atom. The molecular formula is C18H22FNO3. The van der Waals surface area contributed by atoms with Crippen LogP contribution in [0.1, 0.15) is 5.56 Å². The first kappa shape index (κ1) is 17.2. The van der Waals surface area contributed by atoms with Gasteiger partial charge in [-0.3, -0.25) is 4.90 Å². The summed E-state index contributed by atoms with van der Waals surface area (Å²) in [6, 6.07) is 13.9. The number of para-hydroxylation sites is 1. The Hall–Kier alpha value is -2.11. The zero-order valence-corrected chi connectivity index (χ0v) is 13.4. The average molecular weight is 319 g/mol. The second kappa shape index (κ2) is 8.50. The highest BCUT2D eigenvalue weighted by Crippen LogP contribution is 2.16. The van der Waals surface area contributed by atoms with Crippen LogP contribution in [-0.2, 0) is 6.54 Å². The van der Waals surface area contributed by atoms with E-state index < -0.39 is 11.9 Å². The summed E-state index contributed by atoms with van der Waals surface area (Å²) >= 11 is 0. The van der Waals surface area contributed by atoms with E-state index >= 15 is 0 Å². The van der Waals surface area contributed by atoms with Crippen LogP contribution in [0.5, 0.6) is 11.5 Å². The molecule has 0 aliphatic carbocycles. The van der Waals surface area contributed by atoms with Gasteiger partial charge in [0, 0.05) is 13.1 Å². The fourth-order valence-corrected chi connectivity index (χ4v) is 2.31. The van der Waals surface area contributed by atoms with Crippen LogP contribution < -0.4 is 9.47 Å². The van der Waals surface area contributed by atoms with Gasteiger partial charge in [-0.1, -0.05) is 24.3 Å². The van der Waals surface area contributed by atoms with Gasteiger partial charge >= 0.3 is 0 Å². The van der Waals surface area contributed by atoms with E-state index in [1.807, 2.05) is 36.2 Å². The third-order valence-corrected chi connectivity index (χ3v) is 3.38. The molecule has 1 unspecified atom stereocenters. The first-order chi connectivity index (χ1) is 11.1. The fourth-order valence-electron chi connectivity index (χ4n) is 2.31. The molecule has 0 spiro atoms. The van der Waals surface area contributed by atoms with Crippen molar-refractivity contribution < 1.29 is 19.0 Å². The van der Waals surface area contributed by atoms with Crippen molar-refractivity contribution in [3.63, 3.8) is 0 Å². The van der Waals surface area contributed by atoms with Gasteiger partial charge in [-0.2, -0.15) is 0 Å². The number of benzene rings is 2. The van der Waals surface area contributed by atoms with Crippen LogP contribution in [0, 0.1) is 5.82 Å². The number of nitrogens with zero attached hydrogens (tertiary/aromatic N) is 1. The molecule has 2 aromatic carbocycles. The van der Waals surface area contributed by atoms with Crippen molar-refractivity contribution in [2.75, 3.05) is 27.3 Å². The summed E-state index contributed by atoms with van der Waals surface area (Å²) in [5.41, 5.74) is 1.09. The van der Waals surface area contributed by atoms with Crippen molar-refractivity contribution in [3.05, 3.63) is 59.9 Å². The van der Waals surface area contributed by atoms with Crippen molar-refractivity contribution in [1.29, 1.82) is 0 Å². The van der Waals surface area contributed by atoms with E-state index in [1.165, 1.54) is 6.07 Å². The molecule has 5 heteroatoms. The lowest BCUT2D eigenvalue weighted by Gasteiger charge is -2.21. The molecule has 2 rings (SSSR count). The molecule has 0 radical (unpaired) electrons. The molecule has 0 saturated carbocycles. The van der Waals surface area contributed by atoms with Gasteiger partial charge in [0.05, 0.1) is 7.11 Å². The van der Waals surface area contributed by atoms with Crippen LogP contribution in [0.2, 0.25) is 0 Å². The summed E-state index contributed by atoms with van der Waals surface area (Å²) in [6.45, 7) is 1.14. The van der Waals surface area contributed by atoms with Gasteiger partial charge in [0.2, 0.25) is 0 Å². The molecule has 0 aliphatic rings. The summed E-state index contributed by atoms with van der Waals surface area (Å²) < 4.78 is 23.9. The van der Waals surface area contributed by atoms with Gasteiger partial charge in [0.15, 0.2) is 11.6 Å². The molecule has 0 fully saturated rings. The van der Waals surface area contributed by atoms with Gasteiger partial charge in [-0.15, -0.1) is 0 Å². The second-order valence-corrected chi connectivity index (χ2v) is 5.44. The van der Waals surface area contributed by atoms with Crippen LogP contribution >= 0.6 is 0 Å². The molecule has 0 aromatic heterocycles. The third kappa shape index (κ3) is 5.54. The molecule has 0 bridgehead atoms. The molecule has 1 atom stereocenters. The van der Waals surface area contributed by atoms with E-state index in [2.05, 4.69) is 0 Å². The SMILES string of the molecule is COc1cccc(CN(C)CC(O)COc2ccccc2F)c1. The Bertz CT molecular complexity index is 621. The second-order valence-electron chi connectivity index (χ2n) is 5.44. The maximum atomic E-state index is 13.4. The number of hydrogen-bond donors (Lipinski definition) is 1. The molecule has 23 heavy (non-hydrogen) atoms. The molecule has 0 heterocycles. The lowest BCUT2D eigenvalue weighted by Crippen LogP contribution is -2.32. The number of ether oxygens (including phenoxy) is 2. The predicted molar refractivity (Wildman–Crippen MR) is 87.2 cm³/mol. The zero-order chi connectivity index (χ0) is 16.7. The van der Waals surface area contributed by atoms with E-state index in [9.17, 15) is 9.50 Å². The number of methoxy groups -OCH3 is 1. The molecule has 124 valence electrons. The van der Waals surface area contributed by atoms with E-state index in [-0.39, 0.29) is 12.4 Å². The number of hydrogen-bond acceptors (Lipinski definition) is 4. The summed E-state index contributed by atoms with van der Waals surface area (Å²) in [4.78, 5) is 1.98. The quantitative estimate of drug-likeness (QED) is 0.812. The number of aliphatic hydroxyl groups is 1. The molecule has 0 aliphatic heterocycles. The van der Waals surface area contributed by atoms with Crippen LogP contribution in [0.3, 0.4) is 0 Å². The summed E-state index contributed by atoms with van der Waals surface area (Å²) in [5, 5.41) is 10.0. The van der Waals surface area contributed by atoms with Crippen molar-refractivity contribution in [2.45, 2.75) is 12.6 Å². The smallest absolute Gasteiger partial charge is 0.165 e. The van der Waals surface area contributed by atoms with E-state index in [0.717, 1.165) is 11.3 Å². The fraction of sp³-hybridized carbons (Fsp3) is 0.333. The van der Waals surface area contributed by atoms with Gasteiger partial charge in [0.25, 0.3) is 0 Å². The van der Waals surface area contributed by atoms with E-state index in [0.29, 0.717) is 13.1 Å². The van der Waals surface area contributed by atoms with Crippen molar-refractivity contribution in [2.24, 2.45) is 0 Å². The number of halogens is 1. The number of rotatable bonds is 8. The Labute approximate surface area is 136 Å². The molecule has 4 nitrogen and oxygen atoms in total. The average Bonchev–Trinajstić information content (AvgIpc) is 2.54. The van der Waals surface area contributed by atoms with Crippen molar-refractivity contribution in [3.8, 4) is 11.5 Å². The Morgan fingerprint density at radius 1 is 1.17 bits per heavy atom. The lowest BCUT2D eigenvalue weighted by molar-refractivity contribution is 0.0728. The Morgan fingerprint density at radius 2 is 1.96 bits per heavy atom. The predicted octanol–water partition coefficient (Wildman–Crippen LogP) is 2.71. The van der Waals surface area contributed by atoms with Gasteiger partial charge in [-0.05, 0) is 36.9 Å². The maximum Gasteiger partial charge on any atom is 0.165 e. The minimum atomic E-state index is -0.704. The third-order valence-electron chi connectivity index (χ3n) is 3.38. The molecule has 0 amide bonds.